The van der Waals surface area contributed by atoms with Gasteiger partial charge < -0.3 is 14.5 Å². The van der Waals surface area contributed by atoms with Gasteiger partial charge in [0.2, 0.25) is 0 Å². The van der Waals surface area contributed by atoms with Gasteiger partial charge in [0, 0.05) is 25.9 Å². The molecule has 3 aliphatic rings. The molecule has 0 unspecified atom stereocenters. The van der Waals surface area contributed by atoms with Crippen molar-refractivity contribution < 1.29 is 9.53 Å². The average Bonchev–Trinajstić information content (AvgIpc) is 3.49. The molecule has 1 amide bonds. The van der Waals surface area contributed by atoms with E-state index in [-0.39, 0.29) is 18.2 Å². The van der Waals surface area contributed by atoms with Crippen LogP contribution >= 0.6 is 11.6 Å². The fourth-order valence-electron chi connectivity index (χ4n) is 5.53. The van der Waals surface area contributed by atoms with Crippen LogP contribution < -0.4 is 4.90 Å². The van der Waals surface area contributed by atoms with Gasteiger partial charge in [-0.3, -0.25) is 4.79 Å². The molecule has 0 N–H and O–H groups in total. The quantitative estimate of drug-likeness (QED) is 0.595. The zero-order valence-corrected chi connectivity index (χ0v) is 18.2. The molecule has 8 heteroatoms. The van der Waals surface area contributed by atoms with Gasteiger partial charge in [0.25, 0.3) is 5.91 Å². The molecule has 3 saturated heterocycles. The minimum atomic E-state index is -0.748. The van der Waals surface area contributed by atoms with Crippen LogP contribution in [0, 0.1) is 11.3 Å². The minimum absolute atomic E-state index is 0.0930. The van der Waals surface area contributed by atoms with E-state index in [9.17, 15) is 10.1 Å². The molecular formula is C24H22ClN5O2. The number of benzene rings is 1. The molecule has 0 aliphatic carbocycles. The lowest BCUT2D eigenvalue weighted by Gasteiger charge is -2.38. The van der Waals surface area contributed by atoms with Crippen molar-refractivity contribution in [2.45, 2.75) is 43.6 Å². The number of ether oxygens (including phenoxy) is 1. The Bertz CT molecular complexity index is 1240. The van der Waals surface area contributed by atoms with Crippen molar-refractivity contribution in [3.8, 4) is 6.07 Å². The summed E-state index contributed by atoms with van der Waals surface area (Å²) in [5.74, 6) is 0.995. The van der Waals surface area contributed by atoms with Crippen LogP contribution in [0.25, 0.3) is 5.52 Å². The Morgan fingerprint density at radius 3 is 2.66 bits per heavy atom. The Kier molecular flexibility index (Phi) is 4.42. The molecule has 3 fully saturated rings. The molecule has 7 nitrogen and oxygen atoms in total. The Balaban J connectivity index is 1.24. The van der Waals surface area contributed by atoms with Gasteiger partial charge in [-0.05, 0) is 30.5 Å². The van der Waals surface area contributed by atoms with Gasteiger partial charge in [-0.15, -0.1) is 0 Å². The van der Waals surface area contributed by atoms with Crippen molar-refractivity contribution in [2.75, 3.05) is 18.0 Å². The average molecular weight is 448 g/mol. The molecule has 1 spiro atoms. The summed E-state index contributed by atoms with van der Waals surface area (Å²) < 4.78 is 8.18. The molecule has 32 heavy (non-hydrogen) atoms. The lowest BCUT2D eigenvalue weighted by molar-refractivity contribution is -0.140. The lowest BCUT2D eigenvalue weighted by atomic mass is 9.89. The number of halogens is 1. The summed E-state index contributed by atoms with van der Waals surface area (Å²) in [5, 5.41) is 14.2. The van der Waals surface area contributed by atoms with E-state index in [4.69, 9.17) is 16.3 Å². The zero-order chi connectivity index (χ0) is 21.9. The fraction of sp³-hybridized carbons (Fsp3) is 0.375. The topological polar surface area (TPSA) is 73.9 Å². The summed E-state index contributed by atoms with van der Waals surface area (Å²) in [6.45, 7) is 1.33. The van der Waals surface area contributed by atoms with Crippen LogP contribution in [0.4, 0.5) is 5.82 Å². The third-order valence-corrected chi connectivity index (χ3v) is 7.39. The third-order valence-electron chi connectivity index (χ3n) is 7.11. The summed E-state index contributed by atoms with van der Waals surface area (Å²) in [6, 6.07) is 16.2. The van der Waals surface area contributed by atoms with Crippen LogP contribution in [0.3, 0.4) is 0 Å². The van der Waals surface area contributed by atoms with Gasteiger partial charge in [-0.25, -0.2) is 4.52 Å². The first kappa shape index (κ1) is 19.6. The molecule has 5 heterocycles. The number of piperidine rings is 1. The number of pyridine rings is 1. The first-order valence-corrected chi connectivity index (χ1v) is 11.4. The molecular weight excluding hydrogens is 426 g/mol. The highest BCUT2D eigenvalue weighted by molar-refractivity contribution is 6.34. The molecule has 0 bridgehead atoms. The first-order chi connectivity index (χ1) is 15.6. The maximum Gasteiger partial charge on any atom is 0.257 e. The number of nitriles is 1. The molecule has 1 aromatic carbocycles. The number of hydrogen-bond donors (Lipinski definition) is 0. The number of nitrogens with zero attached hydrogens (tertiary/aromatic N) is 5. The molecule has 0 radical (unpaired) electrons. The van der Waals surface area contributed by atoms with Crippen LogP contribution in [0.5, 0.6) is 0 Å². The van der Waals surface area contributed by atoms with Crippen LogP contribution in [-0.4, -0.2) is 45.3 Å². The van der Waals surface area contributed by atoms with E-state index < -0.39 is 5.60 Å². The van der Waals surface area contributed by atoms with E-state index in [2.05, 4.69) is 28.2 Å². The van der Waals surface area contributed by atoms with E-state index in [0.717, 1.165) is 18.7 Å². The number of anilines is 1. The number of hydrogen-bond acceptors (Lipinski definition) is 5. The standard InChI is InChI=1S/C24H22ClN5O2/c25-18-15-27-30-20(8-6-17(14-26)22(18)30)28-12-10-24(11-13-28)23(31)29-19(7-9-21(29)32-24)16-4-2-1-3-5-16/h1-6,8,15,19,21H,7,9-13H2/t19-,21+/m0/s1. The second kappa shape index (κ2) is 7.22. The summed E-state index contributed by atoms with van der Waals surface area (Å²) in [4.78, 5) is 17.8. The van der Waals surface area contributed by atoms with Gasteiger partial charge >= 0.3 is 0 Å². The largest absolute Gasteiger partial charge is 0.356 e. The SMILES string of the molecule is N#Cc1ccc(N2CCC3(CC2)O[C@@H]2CC[C@@H](c4ccccc4)N2C3=O)n2ncc(Cl)c12. The highest BCUT2D eigenvalue weighted by Gasteiger charge is 2.58. The van der Waals surface area contributed by atoms with Crippen LogP contribution in [-0.2, 0) is 9.53 Å². The predicted molar refractivity (Wildman–Crippen MR) is 119 cm³/mol. The number of carbonyl (C=O) groups excluding carboxylic acids is 1. The molecule has 3 aliphatic heterocycles. The zero-order valence-electron chi connectivity index (χ0n) is 17.4. The second-order valence-electron chi connectivity index (χ2n) is 8.74. The normalized spacial score (nSPS) is 24.3. The van der Waals surface area contributed by atoms with Crippen molar-refractivity contribution in [2.24, 2.45) is 0 Å². The van der Waals surface area contributed by atoms with Crippen LogP contribution in [0.2, 0.25) is 5.02 Å². The number of carbonyl (C=O) groups is 1. The lowest BCUT2D eigenvalue weighted by Crippen LogP contribution is -2.50. The maximum atomic E-state index is 13.6. The van der Waals surface area contributed by atoms with Gasteiger partial charge in [-0.2, -0.15) is 10.4 Å². The van der Waals surface area contributed by atoms with Crippen molar-refractivity contribution >= 4 is 28.8 Å². The van der Waals surface area contributed by atoms with E-state index in [1.165, 1.54) is 5.56 Å². The van der Waals surface area contributed by atoms with Crippen molar-refractivity contribution in [1.82, 2.24) is 14.5 Å². The number of amides is 1. The summed E-state index contributed by atoms with van der Waals surface area (Å²) in [6.07, 6.45) is 4.48. The van der Waals surface area contributed by atoms with Crippen molar-refractivity contribution in [3.05, 3.63) is 64.8 Å². The first-order valence-electron chi connectivity index (χ1n) is 11.0. The van der Waals surface area contributed by atoms with Gasteiger partial charge in [0.15, 0.2) is 5.60 Å². The van der Waals surface area contributed by atoms with Crippen LogP contribution in [0.15, 0.2) is 48.7 Å². The van der Waals surface area contributed by atoms with E-state index in [0.29, 0.717) is 42.0 Å². The van der Waals surface area contributed by atoms with Crippen LogP contribution in [0.1, 0.15) is 42.9 Å². The van der Waals surface area contributed by atoms with Gasteiger partial charge in [0.05, 0.1) is 22.8 Å². The number of rotatable bonds is 2. The molecule has 3 aromatic rings. The van der Waals surface area contributed by atoms with E-state index in [1.54, 1.807) is 16.8 Å². The number of fused-ring (bicyclic) bond motifs is 2. The molecule has 0 saturated carbocycles. The van der Waals surface area contributed by atoms with Gasteiger partial charge in [0.1, 0.15) is 23.6 Å². The summed E-state index contributed by atoms with van der Waals surface area (Å²) >= 11 is 6.28. The highest BCUT2D eigenvalue weighted by Crippen LogP contribution is 2.47. The molecule has 162 valence electrons. The fourth-order valence-corrected chi connectivity index (χ4v) is 5.75. The number of aromatic nitrogens is 2. The smallest absolute Gasteiger partial charge is 0.257 e. The Morgan fingerprint density at radius 1 is 1.12 bits per heavy atom. The summed E-state index contributed by atoms with van der Waals surface area (Å²) in [7, 11) is 0. The van der Waals surface area contributed by atoms with Gasteiger partial charge in [-0.1, -0.05) is 41.9 Å². The van der Waals surface area contributed by atoms with Crippen molar-refractivity contribution in [1.29, 1.82) is 5.26 Å². The monoisotopic (exact) mass is 447 g/mol. The predicted octanol–water partition coefficient (Wildman–Crippen LogP) is 3.92. The highest BCUT2D eigenvalue weighted by atomic mass is 35.5. The minimum Gasteiger partial charge on any atom is -0.356 e. The molecule has 2 aromatic heterocycles. The molecule has 2 atom stereocenters. The van der Waals surface area contributed by atoms with E-state index in [1.807, 2.05) is 29.2 Å². The van der Waals surface area contributed by atoms with E-state index >= 15 is 0 Å². The Labute approximate surface area is 190 Å². The maximum absolute atomic E-state index is 13.6. The van der Waals surface area contributed by atoms with Crippen molar-refractivity contribution in [3.63, 3.8) is 0 Å². The summed E-state index contributed by atoms with van der Waals surface area (Å²) in [5.41, 5.74) is 1.54. The Hall–Kier alpha value is -3.08. The molecule has 6 rings (SSSR count). The third kappa shape index (κ3) is 2.76. The second-order valence-corrected chi connectivity index (χ2v) is 9.15. The Morgan fingerprint density at radius 2 is 1.91 bits per heavy atom.